The van der Waals surface area contributed by atoms with Crippen molar-refractivity contribution in [2.24, 2.45) is 53.3 Å². The molecule has 14 aliphatic rings. The lowest BCUT2D eigenvalue weighted by Gasteiger charge is -2.38. The van der Waals surface area contributed by atoms with Gasteiger partial charge >= 0.3 is 0 Å². The molecule has 3 N–H and O–H groups in total. The predicted molar refractivity (Wildman–Crippen MR) is 350 cm³/mol. The van der Waals surface area contributed by atoms with Crippen molar-refractivity contribution in [2.45, 2.75) is 321 Å². The molecule has 15 atom stereocenters. The standard InChI is InChI=1S/2C10H19N.C9H17NO.C9H17N.C8H16N2.C8H15NO.C6H11N.5C2H6/c1-8(2)11-6-9-3-4-10(5-9)7-11;1-7(2)8-5-9-3-4-10(6-8)11-9;1-9(2,3)10-5-8-4-7(10)6-11-8;1-9(2,3)10-5-7-4-8(7)6-10;1-6(2)10-5-7-3-8(10)4-9-7;1-6(2)9-4-8-3-7(9)5-10-8;1-4-5-2-7-3-6(4)5;5*1-2/h8-10H,3-7H2,1-2H3;7-11H,3-6H2,1-2H3;7-8H,4-6H2,1-3H3;7-8H,4-6H2,1-3H3;6-9H,3-5H2,1-2H3;6-8H,3-5H2,1-2H3;4-7H,2-3H2,1H3;5*1-2H3/t;;7-,8?;;7?,8-;7-,8-;4?,5-,6?;;;;;/m..0.000...../s1. The van der Waals surface area contributed by atoms with Gasteiger partial charge in [0.05, 0.1) is 25.4 Å². The van der Waals surface area contributed by atoms with Gasteiger partial charge in [0, 0.05) is 118 Å². The number of rotatable bonds is 4. The summed E-state index contributed by atoms with van der Waals surface area (Å²) in [4.78, 5) is 13.0. The van der Waals surface area contributed by atoms with Crippen molar-refractivity contribution in [2.75, 3.05) is 78.7 Å². The van der Waals surface area contributed by atoms with Crippen LogP contribution in [0.15, 0.2) is 0 Å². The predicted octanol–water partition coefficient (Wildman–Crippen LogP) is 14.2. The first kappa shape index (κ1) is 73.9. The fourth-order valence-corrected chi connectivity index (χ4v) is 15.5. The topological polar surface area (TPSA) is 70.8 Å². The zero-order chi connectivity index (χ0) is 60.2. The number of piperazine rings is 1. The molecular weight excluding hydrogens is 985 g/mol. The number of hydrogen-bond acceptors (Lipinski definition) is 10. The molecule has 3 saturated carbocycles. The Morgan fingerprint density at radius 2 is 0.938 bits per heavy atom. The smallest absolute Gasteiger partial charge is 0.0718 e. The molecule has 476 valence electrons. The second kappa shape index (κ2) is 36.0. The number of nitrogens with zero attached hydrogens (tertiary/aromatic N) is 5. The number of hydrogen-bond donors (Lipinski definition) is 3. The van der Waals surface area contributed by atoms with E-state index in [9.17, 15) is 0 Å². The molecule has 0 amide bonds. The maximum absolute atomic E-state index is 5.54. The van der Waals surface area contributed by atoms with Crippen molar-refractivity contribution in [3.63, 3.8) is 0 Å². The molecule has 10 heteroatoms. The van der Waals surface area contributed by atoms with Gasteiger partial charge in [0.15, 0.2) is 0 Å². The Morgan fingerprint density at radius 3 is 1.23 bits per heavy atom. The normalized spacial score (nSPS) is 36.9. The largest absolute Gasteiger partial charge is 0.375 e. The first-order valence-corrected chi connectivity index (χ1v) is 35.3. The third-order valence-electron chi connectivity index (χ3n) is 20.4. The van der Waals surface area contributed by atoms with Crippen LogP contribution in [0.2, 0.25) is 0 Å². The number of morpholine rings is 2. The van der Waals surface area contributed by atoms with Crippen LogP contribution in [-0.4, -0.2) is 181 Å². The molecule has 10 nitrogen and oxygen atoms in total. The van der Waals surface area contributed by atoms with E-state index < -0.39 is 0 Å². The molecule has 11 saturated heterocycles. The van der Waals surface area contributed by atoms with E-state index >= 15 is 0 Å². The summed E-state index contributed by atoms with van der Waals surface area (Å²) in [5.74, 6) is 9.38. The van der Waals surface area contributed by atoms with Crippen LogP contribution >= 0.6 is 0 Å². The lowest BCUT2D eigenvalue weighted by Crippen LogP contribution is -2.48. The van der Waals surface area contributed by atoms with Gasteiger partial charge in [-0.1, -0.05) is 90.0 Å². The first-order valence-electron chi connectivity index (χ1n) is 35.3. The number of piperidine rings is 4. The third-order valence-corrected chi connectivity index (χ3v) is 20.4. The van der Waals surface area contributed by atoms with E-state index in [1.165, 1.54) is 130 Å². The van der Waals surface area contributed by atoms with Crippen molar-refractivity contribution in [1.29, 1.82) is 0 Å². The summed E-state index contributed by atoms with van der Waals surface area (Å²) in [5, 5.41) is 10.5. The minimum absolute atomic E-state index is 0.337. The van der Waals surface area contributed by atoms with Gasteiger partial charge in [-0.3, -0.25) is 19.6 Å². The Balaban J connectivity index is 0.000000239. The molecule has 11 aliphatic heterocycles. The average molecular weight is 1130 g/mol. The van der Waals surface area contributed by atoms with E-state index in [0.29, 0.717) is 35.4 Å². The summed E-state index contributed by atoms with van der Waals surface area (Å²) < 4.78 is 11.0. The molecule has 11 heterocycles. The molecule has 10 bridgehead atoms. The zero-order valence-corrected chi connectivity index (χ0v) is 58.4. The van der Waals surface area contributed by atoms with E-state index in [4.69, 9.17) is 9.47 Å². The van der Waals surface area contributed by atoms with Crippen LogP contribution in [0.3, 0.4) is 0 Å². The third kappa shape index (κ3) is 22.4. The fourth-order valence-electron chi connectivity index (χ4n) is 15.5. The van der Waals surface area contributed by atoms with Crippen LogP contribution in [0.1, 0.15) is 244 Å². The molecule has 0 spiro atoms. The lowest BCUT2D eigenvalue weighted by atomic mass is 9.84. The molecule has 14 rings (SSSR count). The van der Waals surface area contributed by atoms with E-state index in [1.807, 2.05) is 69.2 Å². The summed E-state index contributed by atoms with van der Waals surface area (Å²) in [6.07, 6.45) is 16.8. The van der Waals surface area contributed by atoms with Gasteiger partial charge in [0.2, 0.25) is 0 Å². The van der Waals surface area contributed by atoms with Crippen LogP contribution in [0, 0.1) is 53.3 Å². The number of fused-ring (bicyclic) bond motifs is 12. The van der Waals surface area contributed by atoms with Gasteiger partial charge in [0.25, 0.3) is 0 Å². The molecule has 3 aliphatic carbocycles. The molecular formula is C70H144N8O2. The molecule has 0 aromatic heterocycles. The van der Waals surface area contributed by atoms with Crippen LogP contribution < -0.4 is 16.0 Å². The Kier molecular flexibility index (Phi) is 33.3. The SMILES string of the molecule is CC.CC.CC.CC.CC.CC(C)(C)N1CC2CC2C1.CC(C)(C)N1CC2C[C@H]1CO2.CC(C)C1CC2CCC(C1)N2.CC(C)N1CC2CCC(C2)C1.CC(C)N1CC2C[C@H]1CN2.CC(C)N1C[C@@H]2C[C@H]1CO2.CC1C2CNC[C@@H]12. The fraction of sp³-hybridized carbons (Fsp3) is 1.00. The van der Waals surface area contributed by atoms with Crippen molar-refractivity contribution >= 4 is 0 Å². The van der Waals surface area contributed by atoms with Gasteiger partial charge in [-0.05, 0) is 220 Å². The van der Waals surface area contributed by atoms with Crippen LogP contribution in [0.4, 0.5) is 0 Å². The summed E-state index contributed by atoms with van der Waals surface area (Å²) in [6, 6.07) is 7.10. The molecule has 80 heavy (non-hydrogen) atoms. The van der Waals surface area contributed by atoms with Crippen molar-refractivity contribution in [3.8, 4) is 0 Å². The molecule has 10 unspecified atom stereocenters. The minimum atomic E-state index is 0.337. The van der Waals surface area contributed by atoms with E-state index in [0.717, 1.165) is 115 Å². The monoisotopic (exact) mass is 1130 g/mol. The van der Waals surface area contributed by atoms with Crippen molar-refractivity contribution in [3.05, 3.63) is 0 Å². The molecule has 0 aromatic carbocycles. The molecule has 0 radical (unpaired) electrons. The lowest BCUT2D eigenvalue weighted by molar-refractivity contribution is -0.00804. The quantitative estimate of drug-likeness (QED) is 0.254. The zero-order valence-electron chi connectivity index (χ0n) is 58.4. The molecule has 14 fully saturated rings. The second-order valence-corrected chi connectivity index (χ2v) is 29.0. The van der Waals surface area contributed by atoms with Crippen molar-refractivity contribution in [1.82, 2.24) is 40.4 Å². The Hall–Kier alpha value is -0.400. The van der Waals surface area contributed by atoms with E-state index in [-0.39, 0.29) is 0 Å². The number of ether oxygens (including phenoxy) is 2. The van der Waals surface area contributed by atoms with Gasteiger partial charge in [-0.15, -0.1) is 0 Å². The Morgan fingerprint density at radius 1 is 0.450 bits per heavy atom. The van der Waals surface area contributed by atoms with Gasteiger partial charge < -0.3 is 30.3 Å². The number of nitrogens with one attached hydrogen (secondary N) is 3. The van der Waals surface area contributed by atoms with Crippen molar-refractivity contribution < 1.29 is 9.47 Å². The van der Waals surface area contributed by atoms with Gasteiger partial charge in [-0.2, -0.15) is 0 Å². The average Bonchev–Trinajstić information content (AvgIpc) is 4.37. The van der Waals surface area contributed by atoms with E-state index in [2.05, 4.69) is 144 Å². The summed E-state index contributed by atoms with van der Waals surface area (Å²) >= 11 is 0. The maximum Gasteiger partial charge on any atom is 0.0718 e. The highest BCUT2D eigenvalue weighted by Gasteiger charge is 2.50. The highest BCUT2D eigenvalue weighted by atomic mass is 16.5. The van der Waals surface area contributed by atoms with Gasteiger partial charge in [0.1, 0.15) is 0 Å². The second-order valence-electron chi connectivity index (χ2n) is 29.0. The highest BCUT2D eigenvalue weighted by molar-refractivity contribution is 5.02. The first-order chi connectivity index (χ1) is 38.1. The van der Waals surface area contributed by atoms with E-state index in [1.54, 1.807) is 0 Å². The summed E-state index contributed by atoms with van der Waals surface area (Å²) in [7, 11) is 0. The molecule has 0 aromatic rings. The minimum Gasteiger partial charge on any atom is -0.375 e. The number of likely N-dealkylation sites (tertiary alicyclic amines) is 5. The highest BCUT2D eigenvalue weighted by Crippen LogP contribution is 2.48. The summed E-state index contributed by atoms with van der Waals surface area (Å²) in [5.41, 5.74) is 0.761. The van der Waals surface area contributed by atoms with Crippen LogP contribution in [-0.2, 0) is 9.47 Å². The Bertz CT molecular complexity index is 1490. The van der Waals surface area contributed by atoms with Crippen LogP contribution in [0.5, 0.6) is 0 Å². The Labute approximate surface area is 501 Å². The van der Waals surface area contributed by atoms with Gasteiger partial charge in [-0.25, -0.2) is 0 Å². The maximum atomic E-state index is 5.54. The van der Waals surface area contributed by atoms with Crippen LogP contribution in [0.25, 0.3) is 0 Å². The summed E-state index contributed by atoms with van der Waals surface area (Å²) in [6.45, 7) is 69.5.